The van der Waals surface area contributed by atoms with Gasteiger partial charge >= 0.3 is 0 Å². The van der Waals surface area contributed by atoms with Crippen molar-refractivity contribution in [3.63, 3.8) is 0 Å². The Hall–Kier alpha value is -1.20. The van der Waals surface area contributed by atoms with Gasteiger partial charge in [0.25, 0.3) is 0 Å². The molecule has 1 aromatic rings. The summed E-state index contributed by atoms with van der Waals surface area (Å²) in [5, 5.41) is 7.53. The maximum Gasteiger partial charge on any atom is 0.191 e. The molecule has 2 N–H and O–H groups in total. The van der Waals surface area contributed by atoms with Gasteiger partial charge in [0.15, 0.2) is 5.96 Å². The summed E-state index contributed by atoms with van der Waals surface area (Å²) in [6.07, 6.45) is 2.65. The van der Waals surface area contributed by atoms with Crippen molar-refractivity contribution < 1.29 is 4.74 Å². The number of aliphatic imine (C=N–C) groups is 1. The number of thioether (sulfide) groups is 1. The number of hydrogen-bond donors (Lipinski definition) is 2. The molecule has 1 aliphatic heterocycles. The molecule has 0 saturated carbocycles. The van der Waals surface area contributed by atoms with E-state index < -0.39 is 0 Å². The van der Waals surface area contributed by atoms with Gasteiger partial charge in [-0.2, -0.15) is 11.8 Å². The molecule has 0 amide bonds. The number of benzene rings is 1. The molecule has 1 unspecified atom stereocenters. The van der Waals surface area contributed by atoms with Crippen LogP contribution >= 0.6 is 11.8 Å². The van der Waals surface area contributed by atoms with Gasteiger partial charge in [-0.25, -0.2) is 0 Å². The molecule has 1 atom stereocenters. The summed E-state index contributed by atoms with van der Waals surface area (Å²) >= 11 is 2.06. The molecule has 1 aromatic carbocycles. The second-order valence-corrected chi connectivity index (χ2v) is 6.55. The minimum atomic E-state index is 0.641. The Bertz CT molecular complexity index is 459. The molecule has 0 spiro atoms. The maximum atomic E-state index is 5.24. The molecule has 1 heterocycles. The first kappa shape index (κ1) is 16.2. The lowest BCUT2D eigenvalue weighted by Gasteiger charge is -2.16. The van der Waals surface area contributed by atoms with Crippen LogP contribution in [-0.4, -0.2) is 37.7 Å². The molecule has 2 rings (SSSR count). The minimum Gasteiger partial charge on any atom is -0.380 e. The lowest BCUT2D eigenvalue weighted by molar-refractivity contribution is 0.184. The lowest BCUT2D eigenvalue weighted by Crippen LogP contribution is -2.39. The Labute approximate surface area is 131 Å². The Morgan fingerprint density at radius 1 is 1.33 bits per heavy atom. The van der Waals surface area contributed by atoms with Crippen LogP contribution in [0, 0.1) is 0 Å². The number of ether oxygens (including phenoxy) is 1. The summed E-state index contributed by atoms with van der Waals surface area (Å²) in [4.78, 5) is 4.29. The zero-order valence-corrected chi connectivity index (χ0v) is 13.7. The van der Waals surface area contributed by atoms with Crippen molar-refractivity contribution in [2.75, 3.05) is 26.5 Å². The Balaban J connectivity index is 1.82. The van der Waals surface area contributed by atoms with Crippen LogP contribution in [0.15, 0.2) is 29.3 Å². The third kappa shape index (κ3) is 5.25. The molecule has 1 fully saturated rings. The number of nitrogens with zero attached hydrogens (tertiary/aromatic N) is 1. The molecule has 116 valence electrons. The summed E-state index contributed by atoms with van der Waals surface area (Å²) in [5.74, 6) is 2.16. The van der Waals surface area contributed by atoms with E-state index in [-0.39, 0.29) is 0 Å². The zero-order chi connectivity index (χ0) is 14.9. The molecule has 4 nitrogen and oxygen atoms in total. The van der Waals surface area contributed by atoms with E-state index in [1.165, 1.54) is 29.7 Å². The SMILES string of the molecule is CN=C(NCc1ccccc1COC)NCC1CCCS1. The van der Waals surface area contributed by atoms with Crippen molar-refractivity contribution in [1.29, 1.82) is 0 Å². The highest BCUT2D eigenvalue weighted by Crippen LogP contribution is 2.25. The zero-order valence-electron chi connectivity index (χ0n) is 12.9. The van der Waals surface area contributed by atoms with Crippen molar-refractivity contribution >= 4 is 17.7 Å². The van der Waals surface area contributed by atoms with Crippen molar-refractivity contribution in [1.82, 2.24) is 10.6 Å². The van der Waals surface area contributed by atoms with E-state index in [0.29, 0.717) is 6.61 Å². The molecule has 21 heavy (non-hydrogen) atoms. The van der Waals surface area contributed by atoms with Crippen LogP contribution in [0.2, 0.25) is 0 Å². The predicted octanol–water partition coefficient (Wildman–Crippen LogP) is 2.39. The molecule has 0 aromatic heterocycles. The summed E-state index contributed by atoms with van der Waals surface area (Å²) in [6.45, 7) is 2.39. The van der Waals surface area contributed by atoms with Crippen molar-refractivity contribution in [2.45, 2.75) is 31.2 Å². The van der Waals surface area contributed by atoms with E-state index in [1.54, 1.807) is 7.11 Å². The van der Waals surface area contributed by atoms with Gasteiger partial charge in [0.1, 0.15) is 0 Å². The first-order chi connectivity index (χ1) is 10.3. The maximum absolute atomic E-state index is 5.24. The van der Waals surface area contributed by atoms with E-state index in [2.05, 4.69) is 45.6 Å². The van der Waals surface area contributed by atoms with Crippen LogP contribution in [0.25, 0.3) is 0 Å². The number of rotatable bonds is 6. The molecule has 1 saturated heterocycles. The highest BCUT2D eigenvalue weighted by molar-refractivity contribution is 8.00. The fourth-order valence-electron chi connectivity index (χ4n) is 2.44. The van der Waals surface area contributed by atoms with E-state index >= 15 is 0 Å². The van der Waals surface area contributed by atoms with Gasteiger partial charge in [0.2, 0.25) is 0 Å². The Kier molecular flexibility index (Phi) is 6.89. The van der Waals surface area contributed by atoms with Gasteiger partial charge in [-0.05, 0) is 29.7 Å². The summed E-state index contributed by atoms with van der Waals surface area (Å²) < 4.78 is 5.24. The van der Waals surface area contributed by atoms with Crippen LogP contribution in [0.4, 0.5) is 0 Å². The highest BCUT2D eigenvalue weighted by Gasteiger charge is 2.15. The topological polar surface area (TPSA) is 45.7 Å². The average Bonchev–Trinajstić information content (AvgIpc) is 3.02. The van der Waals surface area contributed by atoms with Crippen LogP contribution in [0.5, 0.6) is 0 Å². The number of nitrogens with one attached hydrogen (secondary N) is 2. The lowest BCUT2D eigenvalue weighted by atomic mass is 10.1. The largest absolute Gasteiger partial charge is 0.380 e. The van der Waals surface area contributed by atoms with Gasteiger partial charge < -0.3 is 15.4 Å². The Morgan fingerprint density at radius 3 is 2.81 bits per heavy atom. The first-order valence-corrected chi connectivity index (χ1v) is 8.50. The van der Waals surface area contributed by atoms with Gasteiger partial charge in [-0.3, -0.25) is 4.99 Å². The number of hydrogen-bond acceptors (Lipinski definition) is 3. The second kappa shape index (κ2) is 8.95. The number of guanidine groups is 1. The average molecular weight is 307 g/mol. The molecule has 0 radical (unpaired) electrons. The fourth-order valence-corrected chi connectivity index (χ4v) is 3.64. The van der Waals surface area contributed by atoms with Crippen LogP contribution < -0.4 is 10.6 Å². The second-order valence-electron chi connectivity index (χ2n) is 5.14. The molecule has 0 bridgehead atoms. The van der Waals surface area contributed by atoms with E-state index in [9.17, 15) is 0 Å². The van der Waals surface area contributed by atoms with E-state index in [1.807, 2.05) is 13.1 Å². The smallest absolute Gasteiger partial charge is 0.191 e. The van der Waals surface area contributed by atoms with Gasteiger partial charge in [-0.15, -0.1) is 0 Å². The van der Waals surface area contributed by atoms with E-state index in [4.69, 9.17) is 4.74 Å². The standard InChI is InChI=1S/C16H25N3OS/c1-17-16(19-11-15-8-5-9-21-15)18-10-13-6-3-4-7-14(13)12-20-2/h3-4,6-7,15H,5,8-12H2,1-2H3,(H2,17,18,19). The van der Waals surface area contributed by atoms with Crippen molar-refractivity contribution in [2.24, 2.45) is 4.99 Å². The van der Waals surface area contributed by atoms with Crippen molar-refractivity contribution in [3.05, 3.63) is 35.4 Å². The minimum absolute atomic E-state index is 0.641. The monoisotopic (exact) mass is 307 g/mol. The van der Waals surface area contributed by atoms with Crippen LogP contribution in [-0.2, 0) is 17.9 Å². The van der Waals surface area contributed by atoms with Crippen molar-refractivity contribution in [3.8, 4) is 0 Å². The van der Waals surface area contributed by atoms with Gasteiger partial charge in [0, 0.05) is 32.5 Å². The van der Waals surface area contributed by atoms with Gasteiger partial charge in [-0.1, -0.05) is 24.3 Å². The normalized spacial score (nSPS) is 18.8. The highest BCUT2D eigenvalue weighted by atomic mass is 32.2. The fraction of sp³-hybridized carbons (Fsp3) is 0.562. The van der Waals surface area contributed by atoms with Gasteiger partial charge in [0.05, 0.1) is 6.61 Å². The predicted molar refractivity (Wildman–Crippen MR) is 90.8 cm³/mol. The molecule has 5 heteroatoms. The number of methoxy groups -OCH3 is 1. The molecule has 1 aliphatic rings. The van der Waals surface area contributed by atoms with Crippen LogP contribution in [0.3, 0.4) is 0 Å². The quantitative estimate of drug-likeness (QED) is 0.626. The third-order valence-electron chi connectivity index (χ3n) is 3.61. The molecular weight excluding hydrogens is 282 g/mol. The van der Waals surface area contributed by atoms with E-state index in [0.717, 1.165) is 24.3 Å². The molecule has 0 aliphatic carbocycles. The Morgan fingerprint density at radius 2 is 2.14 bits per heavy atom. The third-order valence-corrected chi connectivity index (χ3v) is 5.01. The molecular formula is C16H25N3OS. The first-order valence-electron chi connectivity index (χ1n) is 7.45. The summed E-state index contributed by atoms with van der Waals surface area (Å²) in [6, 6.07) is 8.33. The summed E-state index contributed by atoms with van der Waals surface area (Å²) in [5.41, 5.74) is 2.46. The van der Waals surface area contributed by atoms with Crippen LogP contribution in [0.1, 0.15) is 24.0 Å². The summed E-state index contributed by atoms with van der Waals surface area (Å²) in [7, 11) is 3.54.